The van der Waals surface area contributed by atoms with Crippen molar-refractivity contribution in [1.29, 1.82) is 0 Å². The Balaban J connectivity index is 1.35. The quantitative estimate of drug-likeness (QED) is 0.172. The van der Waals surface area contributed by atoms with Crippen LogP contribution in [-0.2, 0) is 6.18 Å². The molecule has 2 heterocycles. The van der Waals surface area contributed by atoms with Crippen molar-refractivity contribution in [3.05, 3.63) is 180 Å². The number of halogens is 3. The second-order valence-corrected chi connectivity index (χ2v) is 13.8. The number of nitrogens with zero attached hydrogens (tertiary/aromatic N) is 4. The Labute approximate surface area is 316 Å². The standard InChI is InChI=1S/C48H33F3N4/c1-30-25-31(2)27-36(26-30)34-22-24-43-40(28-34)38-18-10-12-20-42(38)55(43)44-29-35(37-17-9-11-19-41(37)48(49,50)51)21-23-39(44)47-53-45(32-13-5-3-6-14-32)52-46(54-47)33-15-7-4-8-16-33/h3-29H,1-2H3. The summed E-state index contributed by atoms with van der Waals surface area (Å²) in [4.78, 5) is 15.0. The molecule has 0 saturated carbocycles. The number of aryl methyl sites for hydroxylation is 2. The van der Waals surface area contributed by atoms with Crippen LogP contribution < -0.4 is 0 Å². The van der Waals surface area contributed by atoms with Crippen molar-refractivity contribution < 1.29 is 13.2 Å². The molecule has 0 amide bonds. The van der Waals surface area contributed by atoms with E-state index in [1.807, 2.05) is 91.0 Å². The summed E-state index contributed by atoms with van der Waals surface area (Å²) in [7, 11) is 0. The van der Waals surface area contributed by atoms with E-state index in [1.165, 1.54) is 23.3 Å². The summed E-state index contributed by atoms with van der Waals surface area (Å²) in [6, 6.07) is 51.6. The molecule has 0 atom stereocenters. The molecule has 9 aromatic rings. The van der Waals surface area contributed by atoms with Crippen LogP contribution in [0.25, 0.3) is 83.9 Å². The summed E-state index contributed by atoms with van der Waals surface area (Å²) in [5.74, 6) is 1.38. The monoisotopic (exact) mass is 722 g/mol. The molecule has 0 fully saturated rings. The van der Waals surface area contributed by atoms with Crippen LogP contribution in [0.1, 0.15) is 16.7 Å². The van der Waals surface area contributed by atoms with Gasteiger partial charge in [-0.1, -0.05) is 139 Å². The van der Waals surface area contributed by atoms with E-state index in [9.17, 15) is 13.2 Å². The van der Waals surface area contributed by atoms with Gasteiger partial charge in [0.05, 0.1) is 22.3 Å². The molecule has 0 aliphatic rings. The van der Waals surface area contributed by atoms with Crippen LogP contribution >= 0.6 is 0 Å². The molecule has 0 N–H and O–H groups in total. The Morgan fingerprint density at radius 2 is 0.982 bits per heavy atom. The fourth-order valence-electron chi connectivity index (χ4n) is 7.54. The van der Waals surface area contributed by atoms with E-state index in [0.29, 0.717) is 34.3 Å². The number of alkyl halides is 3. The van der Waals surface area contributed by atoms with Gasteiger partial charge in [0.2, 0.25) is 0 Å². The third kappa shape index (κ3) is 6.33. The van der Waals surface area contributed by atoms with Crippen molar-refractivity contribution in [2.75, 3.05) is 0 Å². The molecule has 0 radical (unpaired) electrons. The number of hydrogen-bond acceptors (Lipinski definition) is 3. The molecule has 0 unspecified atom stereocenters. The van der Waals surface area contributed by atoms with E-state index >= 15 is 0 Å². The summed E-state index contributed by atoms with van der Waals surface area (Å²) in [6.45, 7) is 4.19. The lowest BCUT2D eigenvalue weighted by molar-refractivity contribution is -0.137. The Kier molecular flexibility index (Phi) is 8.35. The van der Waals surface area contributed by atoms with Gasteiger partial charge >= 0.3 is 6.18 Å². The lowest BCUT2D eigenvalue weighted by Gasteiger charge is -2.18. The van der Waals surface area contributed by atoms with E-state index in [-0.39, 0.29) is 5.56 Å². The predicted molar refractivity (Wildman–Crippen MR) is 216 cm³/mol. The van der Waals surface area contributed by atoms with Gasteiger partial charge in [0.25, 0.3) is 0 Å². The van der Waals surface area contributed by atoms with Crippen LogP contribution in [0.5, 0.6) is 0 Å². The van der Waals surface area contributed by atoms with Crippen LogP contribution in [0.4, 0.5) is 13.2 Å². The van der Waals surface area contributed by atoms with E-state index in [4.69, 9.17) is 15.0 Å². The fourth-order valence-corrected chi connectivity index (χ4v) is 7.54. The summed E-state index contributed by atoms with van der Waals surface area (Å²) >= 11 is 0. The molecular formula is C48H33F3N4. The molecule has 0 spiro atoms. The fraction of sp³-hybridized carbons (Fsp3) is 0.0625. The maximum Gasteiger partial charge on any atom is 0.417 e. The van der Waals surface area contributed by atoms with Crippen molar-refractivity contribution >= 4 is 21.8 Å². The third-order valence-corrected chi connectivity index (χ3v) is 9.95. The molecular weight excluding hydrogens is 690 g/mol. The van der Waals surface area contributed by atoms with Crippen LogP contribution in [0.3, 0.4) is 0 Å². The molecule has 266 valence electrons. The summed E-state index contributed by atoms with van der Waals surface area (Å²) in [5, 5.41) is 2.03. The number of aromatic nitrogens is 4. The molecule has 7 aromatic carbocycles. The Bertz CT molecular complexity index is 2800. The SMILES string of the molecule is Cc1cc(C)cc(-c2ccc3c(c2)c2ccccc2n3-c2cc(-c3ccccc3C(F)(F)F)ccc2-c2nc(-c3ccccc3)nc(-c3ccccc3)n2)c1. The van der Waals surface area contributed by atoms with Crippen LogP contribution in [0.15, 0.2) is 164 Å². The summed E-state index contributed by atoms with van der Waals surface area (Å²) in [6.07, 6.45) is -4.55. The number of benzene rings is 7. The van der Waals surface area contributed by atoms with Gasteiger partial charge < -0.3 is 4.57 Å². The van der Waals surface area contributed by atoms with Gasteiger partial charge in [0, 0.05) is 27.5 Å². The lowest BCUT2D eigenvalue weighted by atomic mass is 9.96. The van der Waals surface area contributed by atoms with E-state index in [1.54, 1.807) is 12.1 Å². The number of hydrogen-bond donors (Lipinski definition) is 0. The molecule has 7 heteroatoms. The molecule has 2 aromatic heterocycles. The van der Waals surface area contributed by atoms with Gasteiger partial charge in [0.15, 0.2) is 17.5 Å². The van der Waals surface area contributed by atoms with Crippen LogP contribution in [0, 0.1) is 13.8 Å². The average Bonchev–Trinajstić information content (AvgIpc) is 3.54. The maximum atomic E-state index is 14.5. The highest BCUT2D eigenvalue weighted by Gasteiger charge is 2.33. The van der Waals surface area contributed by atoms with Gasteiger partial charge in [-0.25, -0.2) is 15.0 Å². The zero-order valence-corrected chi connectivity index (χ0v) is 30.0. The lowest BCUT2D eigenvalue weighted by Crippen LogP contribution is -2.07. The Morgan fingerprint density at radius 1 is 0.418 bits per heavy atom. The van der Waals surface area contributed by atoms with Crippen molar-refractivity contribution in [3.8, 4) is 62.1 Å². The largest absolute Gasteiger partial charge is 0.417 e. The first kappa shape index (κ1) is 33.9. The van der Waals surface area contributed by atoms with E-state index in [0.717, 1.165) is 50.1 Å². The first-order valence-corrected chi connectivity index (χ1v) is 18.0. The second kappa shape index (κ2) is 13.5. The van der Waals surface area contributed by atoms with Crippen LogP contribution in [0.2, 0.25) is 0 Å². The van der Waals surface area contributed by atoms with Crippen molar-refractivity contribution in [2.45, 2.75) is 20.0 Å². The average molecular weight is 723 g/mol. The van der Waals surface area contributed by atoms with Gasteiger partial charge in [-0.15, -0.1) is 0 Å². The smallest absolute Gasteiger partial charge is 0.308 e. The first-order valence-electron chi connectivity index (χ1n) is 18.0. The van der Waals surface area contributed by atoms with Crippen LogP contribution in [-0.4, -0.2) is 19.5 Å². The van der Waals surface area contributed by atoms with Crippen molar-refractivity contribution in [2.24, 2.45) is 0 Å². The maximum absolute atomic E-state index is 14.5. The first-order chi connectivity index (χ1) is 26.7. The third-order valence-electron chi connectivity index (χ3n) is 9.95. The molecule has 0 aliphatic heterocycles. The number of fused-ring (bicyclic) bond motifs is 3. The molecule has 4 nitrogen and oxygen atoms in total. The van der Waals surface area contributed by atoms with E-state index < -0.39 is 11.7 Å². The minimum absolute atomic E-state index is 0.0891. The second-order valence-electron chi connectivity index (χ2n) is 13.8. The number of para-hydroxylation sites is 1. The van der Waals surface area contributed by atoms with Crippen molar-refractivity contribution in [1.82, 2.24) is 19.5 Å². The summed E-state index contributed by atoms with van der Waals surface area (Å²) < 4.78 is 45.6. The highest BCUT2D eigenvalue weighted by atomic mass is 19.4. The zero-order valence-electron chi connectivity index (χ0n) is 30.0. The zero-order chi connectivity index (χ0) is 37.7. The summed E-state index contributed by atoms with van der Waals surface area (Å²) in [5.41, 5.74) is 9.09. The minimum Gasteiger partial charge on any atom is -0.308 e. The predicted octanol–water partition coefficient (Wildman–Crippen LogP) is 12.9. The molecule has 0 bridgehead atoms. The van der Waals surface area contributed by atoms with Gasteiger partial charge in [0.1, 0.15) is 0 Å². The molecule has 0 saturated heterocycles. The van der Waals surface area contributed by atoms with E-state index in [2.05, 4.69) is 60.9 Å². The topological polar surface area (TPSA) is 43.6 Å². The minimum atomic E-state index is -4.55. The Hall–Kier alpha value is -6.86. The molecule has 55 heavy (non-hydrogen) atoms. The molecule has 9 rings (SSSR count). The Morgan fingerprint density at radius 3 is 1.65 bits per heavy atom. The highest BCUT2D eigenvalue weighted by Crippen LogP contribution is 2.42. The highest BCUT2D eigenvalue weighted by molar-refractivity contribution is 6.11. The van der Waals surface area contributed by atoms with Crippen molar-refractivity contribution in [3.63, 3.8) is 0 Å². The number of rotatable bonds is 6. The van der Waals surface area contributed by atoms with Gasteiger partial charge in [-0.3, -0.25) is 0 Å². The van der Waals surface area contributed by atoms with Gasteiger partial charge in [-0.2, -0.15) is 13.2 Å². The van der Waals surface area contributed by atoms with Gasteiger partial charge in [-0.05, 0) is 72.5 Å². The molecule has 0 aliphatic carbocycles. The normalized spacial score (nSPS) is 11.7.